The highest BCUT2D eigenvalue weighted by molar-refractivity contribution is 6.18. The minimum atomic E-state index is 0.372. The summed E-state index contributed by atoms with van der Waals surface area (Å²) in [5.74, 6) is 1.82. The average Bonchev–Trinajstić information content (AvgIpc) is 2.78. The number of hydrogen-bond acceptors (Lipinski definition) is 4. The van der Waals surface area contributed by atoms with Gasteiger partial charge in [-0.3, -0.25) is 0 Å². The second-order valence-electron chi connectivity index (χ2n) is 4.50. The SMILES string of the molecule is Cc1nn(C)c(Oc2ccccc2)c1C=NOCC=CCCl. The molecule has 0 saturated carbocycles. The van der Waals surface area contributed by atoms with Crippen LogP contribution in [0.25, 0.3) is 0 Å². The monoisotopic (exact) mass is 319 g/mol. The third kappa shape index (κ3) is 4.36. The van der Waals surface area contributed by atoms with Crippen LogP contribution in [0.2, 0.25) is 0 Å². The molecule has 0 atom stereocenters. The van der Waals surface area contributed by atoms with Crippen molar-refractivity contribution in [3.63, 3.8) is 0 Å². The summed E-state index contributed by atoms with van der Waals surface area (Å²) in [6.07, 6.45) is 5.22. The van der Waals surface area contributed by atoms with Gasteiger partial charge >= 0.3 is 0 Å². The van der Waals surface area contributed by atoms with Crippen LogP contribution in [0.15, 0.2) is 47.6 Å². The second-order valence-corrected chi connectivity index (χ2v) is 4.81. The predicted molar refractivity (Wildman–Crippen MR) is 87.9 cm³/mol. The van der Waals surface area contributed by atoms with Crippen molar-refractivity contribution in [1.29, 1.82) is 0 Å². The maximum Gasteiger partial charge on any atom is 0.226 e. The zero-order valence-electron chi connectivity index (χ0n) is 12.6. The number of oxime groups is 1. The molecule has 0 radical (unpaired) electrons. The van der Waals surface area contributed by atoms with Gasteiger partial charge in [-0.2, -0.15) is 5.10 Å². The van der Waals surface area contributed by atoms with Gasteiger partial charge in [0.15, 0.2) is 0 Å². The Balaban J connectivity index is 2.10. The minimum Gasteiger partial charge on any atom is -0.439 e. The molecule has 0 N–H and O–H groups in total. The Morgan fingerprint density at radius 2 is 2.05 bits per heavy atom. The third-order valence-corrected chi connectivity index (χ3v) is 3.03. The zero-order chi connectivity index (χ0) is 15.8. The standard InChI is InChI=1S/C16H18ClN3O2/c1-13-15(12-18-21-11-7-6-10-17)16(20(2)19-13)22-14-8-4-3-5-9-14/h3-9,12H,10-11H2,1-2H3. The number of ether oxygens (including phenoxy) is 1. The van der Waals surface area contributed by atoms with Crippen LogP contribution in [-0.4, -0.2) is 28.5 Å². The van der Waals surface area contributed by atoms with Gasteiger partial charge < -0.3 is 9.57 Å². The van der Waals surface area contributed by atoms with E-state index in [2.05, 4.69) is 10.3 Å². The van der Waals surface area contributed by atoms with Gasteiger partial charge in [0.25, 0.3) is 0 Å². The van der Waals surface area contributed by atoms with Crippen molar-refractivity contribution >= 4 is 17.8 Å². The lowest BCUT2D eigenvalue weighted by Crippen LogP contribution is -1.97. The number of halogens is 1. The van der Waals surface area contributed by atoms with E-state index in [4.69, 9.17) is 21.2 Å². The topological polar surface area (TPSA) is 48.6 Å². The fourth-order valence-corrected chi connectivity index (χ4v) is 1.96. The summed E-state index contributed by atoms with van der Waals surface area (Å²) >= 11 is 5.52. The molecule has 0 aliphatic carbocycles. The maximum atomic E-state index is 5.88. The predicted octanol–water partition coefficient (Wildman–Crippen LogP) is 3.67. The second kappa shape index (κ2) is 8.24. The third-order valence-electron chi connectivity index (χ3n) is 2.85. The van der Waals surface area contributed by atoms with E-state index in [1.54, 1.807) is 17.0 Å². The Labute approximate surface area is 134 Å². The largest absolute Gasteiger partial charge is 0.439 e. The fraction of sp³-hybridized carbons (Fsp3) is 0.250. The molecule has 1 heterocycles. The first-order chi connectivity index (χ1) is 10.7. The Morgan fingerprint density at radius 3 is 2.77 bits per heavy atom. The number of aromatic nitrogens is 2. The lowest BCUT2D eigenvalue weighted by Gasteiger charge is -2.06. The number of hydrogen-bond donors (Lipinski definition) is 0. The van der Waals surface area contributed by atoms with E-state index >= 15 is 0 Å². The number of alkyl halides is 1. The Morgan fingerprint density at radius 1 is 1.27 bits per heavy atom. The maximum absolute atomic E-state index is 5.88. The minimum absolute atomic E-state index is 0.372. The van der Waals surface area contributed by atoms with Crippen molar-refractivity contribution in [3.05, 3.63) is 53.7 Å². The normalized spacial score (nSPS) is 11.4. The van der Waals surface area contributed by atoms with Crippen LogP contribution in [-0.2, 0) is 11.9 Å². The van der Waals surface area contributed by atoms with E-state index in [0.29, 0.717) is 18.4 Å². The van der Waals surface area contributed by atoms with Crippen molar-refractivity contribution in [3.8, 4) is 11.6 Å². The Kier molecular flexibility index (Phi) is 6.03. The lowest BCUT2D eigenvalue weighted by molar-refractivity contribution is 0.176. The van der Waals surface area contributed by atoms with Crippen molar-refractivity contribution in [2.24, 2.45) is 12.2 Å². The molecule has 2 aromatic rings. The van der Waals surface area contributed by atoms with E-state index in [-0.39, 0.29) is 0 Å². The Hall–Kier alpha value is -2.27. The highest BCUT2D eigenvalue weighted by atomic mass is 35.5. The number of rotatable bonds is 7. The molecular weight excluding hydrogens is 302 g/mol. The number of allylic oxidation sites excluding steroid dienone is 1. The van der Waals surface area contributed by atoms with Crippen LogP contribution in [0.1, 0.15) is 11.3 Å². The molecule has 116 valence electrons. The number of nitrogens with zero attached hydrogens (tertiary/aromatic N) is 3. The summed E-state index contributed by atoms with van der Waals surface area (Å²) in [6.45, 7) is 2.27. The molecule has 0 aliphatic heterocycles. The van der Waals surface area contributed by atoms with Crippen LogP contribution in [0, 0.1) is 6.92 Å². The van der Waals surface area contributed by atoms with Gasteiger partial charge in [-0.1, -0.05) is 29.4 Å². The molecule has 1 aromatic carbocycles. The molecule has 0 saturated heterocycles. The van der Waals surface area contributed by atoms with Gasteiger partial charge in [0.1, 0.15) is 12.4 Å². The quantitative estimate of drug-likeness (QED) is 0.257. The summed E-state index contributed by atoms with van der Waals surface area (Å²) in [7, 11) is 1.83. The number of para-hydroxylation sites is 1. The van der Waals surface area contributed by atoms with Gasteiger partial charge in [-0.05, 0) is 25.1 Å². The van der Waals surface area contributed by atoms with Crippen molar-refractivity contribution in [2.75, 3.05) is 12.5 Å². The van der Waals surface area contributed by atoms with Crippen LogP contribution in [0.4, 0.5) is 0 Å². The van der Waals surface area contributed by atoms with Gasteiger partial charge in [0.05, 0.1) is 17.5 Å². The van der Waals surface area contributed by atoms with E-state index in [0.717, 1.165) is 17.0 Å². The molecule has 6 heteroatoms. The van der Waals surface area contributed by atoms with Crippen LogP contribution >= 0.6 is 11.6 Å². The molecule has 0 amide bonds. The first-order valence-electron chi connectivity index (χ1n) is 6.85. The van der Waals surface area contributed by atoms with Gasteiger partial charge in [0, 0.05) is 12.9 Å². The lowest BCUT2D eigenvalue weighted by atomic mass is 10.3. The van der Waals surface area contributed by atoms with Crippen molar-refractivity contribution in [1.82, 2.24) is 9.78 Å². The molecule has 1 aromatic heterocycles. The van der Waals surface area contributed by atoms with E-state index < -0.39 is 0 Å². The number of aryl methyl sites for hydroxylation is 2. The summed E-state index contributed by atoms with van der Waals surface area (Å²) < 4.78 is 7.56. The molecule has 5 nitrogen and oxygen atoms in total. The molecule has 2 rings (SSSR count). The fourth-order valence-electron chi connectivity index (χ4n) is 1.83. The highest BCUT2D eigenvalue weighted by Crippen LogP contribution is 2.25. The van der Waals surface area contributed by atoms with Gasteiger partial charge in [-0.15, -0.1) is 11.6 Å². The summed E-state index contributed by atoms with van der Waals surface area (Å²) in [4.78, 5) is 5.14. The highest BCUT2D eigenvalue weighted by Gasteiger charge is 2.14. The van der Waals surface area contributed by atoms with Gasteiger partial charge in [-0.25, -0.2) is 4.68 Å². The first-order valence-corrected chi connectivity index (χ1v) is 7.38. The zero-order valence-corrected chi connectivity index (χ0v) is 13.3. The molecule has 0 spiro atoms. The molecule has 0 aliphatic rings. The average molecular weight is 320 g/mol. The number of benzene rings is 1. The smallest absolute Gasteiger partial charge is 0.226 e. The summed E-state index contributed by atoms with van der Waals surface area (Å²) in [6, 6.07) is 9.54. The summed E-state index contributed by atoms with van der Waals surface area (Å²) in [5.41, 5.74) is 1.60. The molecule has 0 fully saturated rings. The van der Waals surface area contributed by atoms with Crippen LogP contribution in [0.3, 0.4) is 0 Å². The Bertz CT molecular complexity index is 651. The van der Waals surface area contributed by atoms with Crippen molar-refractivity contribution in [2.45, 2.75) is 6.92 Å². The first kappa shape index (κ1) is 16.1. The summed E-state index contributed by atoms with van der Waals surface area (Å²) in [5, 5.41) is 8.29. The van der Waals surface area contributed by atoms with Crippen molar-refractivity contribution < 1.29 is 9.57 Å². The molecular formula is C16H18ClN3O2. The molecule has 0 unspecified atom stereocenters. The van der Waals surface area contributed by atoms with E-state index in [1.165, 1.54) is 0 Å². The van der Waals surface area contributed by atoms with E-state index in [1.807, 2.05) is 50.4 Å². The molecule has 0 bridgehead atoms. The van der Waals surface area contributed by atoms with E-state index in [9.17, 15) is 0 Å². The van der Waals surface area contributed by atoms with Crippen LogP contribution < -0.4 is 4.74 Å². The molecule has 22 heavy (non-hydrogen) atoms. The van der Waals surface area contributed by atoms with Crippen LogP contribution in [0.5, 0.6) is 11.6 Å². The van der Waals surface area contributed by atoms with Gasteiger partial charge in [0.2, 0.25) is 5.88 Å².